The van der Waals surface area contributed by atoms with Crippen LogP contribution in [-0.2, 0) is 16.1 Å². The summed E-state index contributed by atoms with van der Waals surface area (Å²) in [5.41, 5.74) is -0.603. The van der Waals surface area contributed by atoms with E-state index < -0.39 is 48.0 Å². The molecule has 0 atom stereocenters. The second kappa shape index (κ2) is 10.7. The lowest BCUT2D eigenvalue weighted by Gasteiger charge is -2.12. The number of halogens is 4. The second-order valence-electron chi connectivity index (χ2n) is 5.74. The molecule has 31 heavy (non-hydrogen) atoms. The normalized spacial score (nSPS) is 10.5. The number of alkyl halides is 2. The first-order chi connectivity index (χ1) is 14.6. The Morgan fingerprint density at radius 3 is 2.45 bits per heavy atom. The minimum absolute atomic E-state index is 0.132. The number of nitro groups is 1. The van der Waals surface area contributed by atoms with Gasteiger partial charge in [0.2, 0.25) is 0 Å². The van der Waals surface area contributed by atoms with Gasteiger partial charge in [-0.1, -0.05) is 23.2 Å². The first-order valence-corrected chi connectivity index (χ1v) is 9.07. The number of nitrogens with one attached hydrogen (secondary N) is 1. The summed E-state index contributed by atoms with van der Waals surface area (Å²) in [6.45, 7) is -4.35. The van der Waals surface area contributed by atoms with Gasteiger partial charge in [0.15, 0.2) is 11.5 Å². The molecular formula is C18H14Cl2F2N2O7. The number of methoxy groups -OCH3 is 1. The van der Waals surface area contributed by atoms with Crippen molar-refractivity contribution in [2.75, 3.05) is 13.7 Å². The van der Waals surface area contributed by atoms with Crippen molar-refractivity contribution in [3.05, 3.63) is 61.6 Å². The van der Waals surface area contributed by atoms with Crippen molar-refractivity contribution in [2.24, 2.45) is 0 Å². The van der Waals surface area contributed by atoms with Crippen LogP contribution in [0.5, 0.6) is 11.5 Å². The largest absolute Gasteiger partial charge is 0.493 e. The number of benzene rings is 2. The number of ether oxygens (including phenoxy) is 3. The maximum atomic E-state index is 12.5. The summed E-state index contributed by atoms with van der Waals surface area (Å²) >= 11 is 11.6. The molecule has 9 nitrogen and oxygen atoms in total. The number of nitro benzene ring substituents is 1. The van der Waals surface area contributed by atoms with E-state index in [4.69, 9.17) is 32.7 Å². The SMILES string of the molecule is COc1cc(COC(=O)CNC(=O)c2ccc(Cl)c(Cl)c2)c([N+](=O)[O-])cc1OC(F)F. The standard InChI is InChI=1S/C18H14Cl2F2N2O7/c1-29-14-5-10(13(24(27)28)6-15(14)31-18(21)22)8-30-16(25)7-23-17(26)9-2-3-11(19)12(20)4-9/h2-6,18H,7-8H2,1H3,(H,23,26). The molecule has 2 aromatic rings. The highest BCUT2D eigenvalue weighted by Gasteiger charge is 2.23. The number of amides is 1. The Labute approximate surface area is 183 Å². The molecule has 0 saturated heterocycles. The molecule has 1 N–H and O–H groups in total. The van der Waals surface area contributed by atoms with E-state index in [9.17, 15) is 28.5 Å². The molecule has 0 radical (unpaired) electrons. The van der Waals surface area contributed by atoms with Crippen molar-refractivity contribution in [2.45, 2.75) is 13.2 Å². The van der Waals surface area contributed by atoms with Crippen molar-refractivity contribution in [3.8, 4) is 11.5 Å². The maximum absolute atomic E-state index is 12.5. The molecule has 0 fully saturated rings. The quantitative estimate of drug-likeness (QED) is 0.329. The summed E-state index contributed by atoms with van der Waals surface area (Å²) in [7, 11) is 1.15. The molecule has 0 bridgehead atoms. The molecule has 0 aromatic heterocycles. The van der Waals surface area contributed by atoms with Gasteiger partial charge < -0.3 is 19.5 Å². The second-order valence-corrected chi connectivity index (χ2v) is 6.55. The fraction of sp³-hybridized carbons (Fsp3) is 0.222. The predicted molar refractivity (Wildman–Crippen MR) is 105 cm³/mol. The Morgan fingerprint density at radius 2 is 1.87 bits per heavy atom. The fourth-order valence-electron chi connectivity index (χ4n) is 2.33. The topological polar surface area (TPSA) is 117 Å². The third-order valence-electron chi connectivity index (χ3n) is 3.74. The van der Waals surface area contributed by atoms with Gasteiger partial charge in [0.1, 0.15) is 13.2 Å². The molecule has 0 unspecified atom stereocenters. The van der Waals surface area contributed by atoms with Crippen LogP contribution in [0.3, 0.4) is 0 Å². The monoisotopic (exact) mass is 478 g/mol. The number of esters is 1. The van der Waals surface area contributed by atoms with E-state index in [1.165, 1.54) is 18.2 Å². The Balaban J connectivity index is 2.04. The van der Waals surface area contributed by atoms with Crippen LogP contribution >= 0.6 is 23.2 Å². The molecule has 0 heterocycles. The van der Waals surface area contributed by atoms with E-state index in [2.05, 4.69) is 10.1 Å². The Hall–Kier alpha value is -3.18. The van der Waals surface area contributed by atoms with Gasteiger partial charge in [-0.15, -0.1) is 0 Å². The van der Waals surface area contributed by atoms with Crippen LogP contribution in [0.4, 0.5) is 14.5 Å². The summed E-state index contributed by atoms with van der Waals surface area (Å²) < 4.78 is 38.9. The van der Waals surface area contributed by atoms with Crippen molar-refractivity contribution < 1.29 is 37.5 Å². The van der Waals surface area contributed by atoms with Crippen LogP contribution in [0.1, 0.15) is 15.9 Å². The lowest BCUT2D eigenvalue weighted by Crippen LogP contribution is -2.30. The van der Waals surface area contributed by atoms with E-state index in [-0.39, 0.29) is 26.9 Å². The van der Waals surface area contributed by atoms with Crippen LogP contribution in [0, 0.1) is 10.1 Å². The molecule has 2 aromatic carbocycles. The van der Waals surface area contributed by atoms with Crippen LogP contribution in [0.15, 0.2) is 30.3 Å². The average molecular weight is 479 g/mol. The minimum atomic E-state index is -3.23. The first kappa shape index (κ1) is 24.1. The van der Waals surface area contributed by atoms with Crippen molar-refractivity contribution in [1.82, 2.24) is 5.32 Å². The summed E-state index contributed by atoms with van der Waals surface area (Å²) in [5.74, 6) is -2.30. The third kappa shape index (κ3) is 6.66. The van der Waals surface area contributed by atoms with Crippen molar-refractivity contribution >= 4 is 40.8 Å². The molecule has 2 rings (SSSR count). The Kier molecular flexibility index (Phi) is 8.34. The van der Waals surface area contributed by atoms with Crippen LogP contribution in [0.25, 0.3) is 0 Å². The molecule has 1 amide bonds. The van der Waals surface area contributed by atoms with Gasteiger partial charge in [-0.3, -0.25) is 19.7 Å². The van der Waals surface area contributed by atoms with E-state index in [1.54, 1.807) is 0 Å². The molecule has 13 heteroatoms. The molecule has 166 valence electrons. The summed E-state index contributed by atoms with van der Waals surface area (Å²) in [6.07, 6.45) is 0. The smallest absolute Gasteiger partial charge is 0.387 e. The van der Waals surface area contributed by atoms with E-state index >= 15 is 0 Å². The third-order valence-corrected chi connectivity index (χ3v) is 4.48. The van der Waals surface area contributed by atoms with E-state index in [0.717, 1.165) is 19.2 Å². The summed E-state index contributed by atoms with van der Waals surface area (Å²) in [4.78, 5) is 34.3. The number of nitrogens with zero attached hydrogens (tertiary/aromatic N) is 1. The van der Waals surface area contributed by atoms with Gasteiger partial charge in [-0.25, -0.2) is 0 Å². The van der Waals surface area contributed by atoms with Gasteiger partial charge >= 0.3 is 12.6 Å². The molecule has 0 aliphatic carbocycles. The number of carbonyl (C=O) groups is 2. The van der Waals surface area contributed by atoms with Crippen LogP contribution in [-0.4, -0.2) is 37.1 Å². The highest BCUT2D eigenvalue weighted by Crippen LogP contribution is 2.36. The predicted octanol–water partition coefficient (Wildman–Crippen LogP) is 3.98. The first-order valence-electron chi connectivity index (χ1n) is 8.31. The zero-order valence-electron chi connectivity index (χ0n) is 15.7. The van der Waals surface area contributed by atoms with Crippen LogP contribution < -0.4 is 14.8 Å². The van der Waals surface area contributed by atoms with Crippen molar-refractivity contribution in [1.29, 1.82) is 0 Å². The van der Waals surface area contributed by atoms with E-state index in [0.29, 0.717) is 0 Å². The summed E-state index contributed by atoms with van der Waals surface area (Å²) in [5, 5.41) is 13.9. The Morgan fingerprint density at radius 1 is 1.16 bits per heavy atom. The number of rotatable bonds is 9. The number of carbonyl (C=O) groups excluding carboxylic acids is 2. The molecular weight excluding hydrogens is 465 g/mol. The average Bonchev–Trinajstić information content (AvgIpc) is 2.72. The van der Waals surface area contributed by atoms with Gasteiger partial charge in [0.05, 0.1) is 33.7 Å². The van der Waals surface area contributed by atoms with Gasteiger partial charge in [-0.2, -0.15) is 8.78 Å². The lowest BCUT2D eigenvalue weighted by atomic mass is 10.1. The van der Waals surface area contributed by atoms with Gasteiger partial charge in [0.25, 0.3) is 11.6 Å². The lowest BCUT2D eigenvalue weighted by molar-refractivity contribution is -0.386. The number of hydrogen-bond donors (Lipinski definition) is 1. The zero-order chi connectivity index (χ0) is 23.1. The fourth-order valence-corrected chi connectivity index (χ4v) is 2.62. The highest BCUT2D eigenvalue weighted by molar-refractivity contribution is 6.42. The molecule has 0 aliphatic heterocycles. The zero-order valence-corrected chi connectivity index (χ0v) is 17.2. The van der Waals surface area contributed by atoms with E-state index in [1.807, 2.05) is 0 Å². The maximum Gasteiger partial charge on any atom is 0.387 e. The summed E-state index contributed by atoms with van der Waals surface area (Å²) in [6, 6.07) is 5.89. The number of hydrogen-bond acceptors (Lipinski definition) is 7. The molecule has 0 aliphatic rings. The Bertz CT molecular complexity index is 1010. The van der Waals surface area contributed by atoms with Gasteiger partial charge in [-0.05, 0) is 24.3 Å². The van der Waals surface area contributed by atoms with Crippen LogP contribution in [0.2, 0.25) is 10.0 Å². The molecule has 0 saturated carbocycles. The molecule has 0 spiro atoms. The van der Waals surface area contributed by atoms with Crippen molar-refractivity contribution in [3.63, 3.8) is 0 Å². The minimum Gasteiger partial charge on any atom is -0.493 e. The van der Waals surface area contributed by atoms with Gasteiger partial charge in [0, 0.05) is 5.56 Å². The highest BCUT2D eigenvalue weighted by atomic mass is 35.5.